The second-order valence-corrected chi connectivity index (χ2v) is 7.27. The van der Waals surface area contributed by atoms with Crippen molar-refractivity contribution in [2.24, 2.45) is 0 Å². The van der Waals surface area contributed by atoms with Gasteiger partial charge < -0.3 is 5.11 Å². The Morgan fingerprint density at radius 2 is 2.00 bits per heavy atom. The molecule has 0 aromatic heterocycles. The van der Waals surface area contributed by atoms with Gasteiger partial charge in [0.1, 0.15) is 5.54 Å². The summed E-state index contributed by atoms with van der Waals surface area (Å²) in [7, 11) is -3.85. The summed E-state index contributed by atoms with van der Waals surface area (Å²) in [6, 6.07) is 6.20. The number of likely N-dealkylation sites (N-methyl/N-ethyl adjacent to an activating group) is 1. The molecule has 0 saturated carbocycles. The zero-order valence-corrected chi connectivity index (χ0v) is 13.3. The highest BCUT2D eigenvalue weighted by atomic mass is 79.9. The Balaban J connectivity index is 3.36. The van der Waals surface area contributed by atoms with Crippen LogP contribution in [-0.4, -0.2) is 35.9 Å². The molecule has 106 valence electrons. The number of carboxylic acid groups (broad SMARTS) is 1. The zero-order chi connectivity index (χ0) is 14.8. The third-order valence-electron chi connectivity index (χ3n) is 2.82. The van der Waals surface area contributed by atoms with Gasteiger partial charge in [0.2, 0.25) is 10.0 Å². The van der Waals surface area contributed by atoms with E-state index in [0.29, 0.717) is 4.47 Å². The van der Waals surface area contributed by atoms with E-state index in [1.54, 1.807) is 19.1 Å². The minimum absolute atomic E-state index is 0.0676. The molecular formula is C12H16BrNO4S. The normalized spacial score (nSPS) is 12.7. The fraction of sp³-hybridized carbons (Fsp3) is 0.417. The van der Waals surface area contributed by atoms with Crippen LogP contribution in [0, 0.1) is 0 Å². The minimum atomic E-state index is -3.85. The largest absolute Gasteiger partial charge is 0.480 e. The summed E-state index contributed by atoms with van der Waals surface area (Å²) in [6.45, 7) is 4.43. The lowest BCUT2D eigenvalue weighted by atomic mass is 10.1. The highest BCUT2D eigenvalue weighted by molar-refractivity contribution is 9.10. The predicted molar refractivity (Wildman–Crippen MR) is 75.4 cm³/mol. The first-order chi connectivity index (χ1) is 8.64. The third-order valence-corrected chi connectivity index (χ3v) is 5.46. The number of halogens is 1. The molecule has 0 amide bonds. The van der Waals surface area contributed by atoms with Gasteiger partial charge in [0, 0.05) is 11.0 Å². The molecule has 0 spiro atoms. The van der Waals surface area contributed by atoms with Crippen molar-refractivity contribution in [2.75, 3.05) is 6.54 Å². The summed E-state index contributed by atoms with van der Waals surface area (Å²) in [5.41, 5.74) is -1.50. The quantitative estimate of drug-likeness (QED) is 0.884. The van der Waals surface area contributed by atoms with Crippen LogP contribution in [0.15, 0.2) is 33.6 Å². The molecule has 1 N–H and O–H groups in total. The number of hydrogen-bond acceptors (Lipinski definition) is 3. The molecule has 1 aromatic rings. The van der Waals surface area contributed by atoms with Crippen LogP contribution in [0.4, 0.5) is 0 Å². The van der Waals surface area contributed by atoms with Crippen molar-refractivity contribution < 1.29 is 18.3 Å². The summed E-state index contributed by atoms with van der Waals surface area (Å²) < 4.78 is 26.6. The van der Waals surface area contributed by atoms with E-state index in [0.717, 1.165) is 4.31 Å². The van der Waals surface area contributed by atoms with Gasteiger partial charge in [-0.2, -0.15) is 4.31 Å². The SMILES string of the molecule is CCN(C(C)(C)C(=O)O)S(=O)(=O)c1cccc(Br)c1. The van der Waals surface area contributed by atoms with Crippen molar-refractivity contribution in [3.8, 4) is 0 Å². The van der Waals surface area contributed by atoms with Gasteiger partial charge in [-0.05, 0) is 32.0 Å². The summed E-state index contributed by atoms with van der Waals surface area (Å²) in [5.74, 6) is -1.19. The fourth-order valence-electron chi connectivity index (χ4n) is 1.73. The molecule has 1 aromatic carbocycles. The van der Waals surface area contributed by atoms with Gasteiger partial charge in [-0.1, -0.05) is 28.9 Å². The van der Waals surface area contributed by atoms with Crippen LogP contribution in [0.5, 0.6) is 0 Å². The molecule has 0 heterocycles. The lowest BCUT2D eigenvalue weighted by Gasteiger charge is -2.33. The van der Waals surface area contributed by atoms with Crippen LogP contribution < -0.4 is 0 Å². The summed E-state index contributed by atoms with van der Waals surface area (Å²) >= 11 is 3.21. The van der Waals surface area contributed by atoms with E-state index < -0.39 is 21.5 Å². The number of carbonyl (C=O) groups is 1. The molecular weight excluding hydrogens is 334 g/mol. The second-order valence-electron chi connectivity index (χ2n) is 4.49. The molecule has 0 unspecified atom stereocenters. The molecule has 7 heteroatoms. The lowest BCUT2D eigenvalue weighted by molar-refractivity contribution is -0.146. The van der Waals surface area contributed by atoms with Crippen molar-refractivity contribution in [1.82, 2.24) is 4.31 Å². The number of hydrogen-bond donors (Lipinski definition) is 1. The van der Waals surface area contributed by atoms with E-state index >= 15 is 0 Å². The first-order valence-corrected chi connectivity index (χ1v) is 7.89. The molecule has 0 radical (unpaired) electrons. The Hall–Kier alpha value is -0.920. The Morgan fingerprint density at radius 3 is 2.42 bits per heavy atom. The van der Waals surface area contributed by atoms with E-state index in [9.17, 15) is 18.3 Å². The molecule has 0 aliphatic rings. The number of nitrogens with zero attached hydrogens (tertiary/aromatic N) is 1. The van der Waals surface area contributed by atoms with Crippen LogP contribution in [0.3, 0.4) is 0 Å². The maximum absolute atomic E-state index is 12.5. The van der Waals surface area contributed by atoms with Crippen molar-refractivity contribution in [2.45, 2.75) is 31.2 Å². The van der Waals surface area contributed by atoms with Gasteiger partial charge in [0.25, 0.3) is 0 Å². The summed E-state index contributed by atoms with van der Waals surface area (Å²) in [4.78, 5) is 11.3. The predicted octanol–water partition coefficient (Wildman–Crippen LogP) is 2.32. The highest BCUT2D eigenvalue weighted by Gasteiger charge is 2.41. The van der Waals surface area contributed by atoms with Gasteiger partial charge in [-0.25, -0.2) is 8.42 Å². The van der Waals surface area contributed by atoms with Crippen molar-refractivity contribution >= 4 is 31.9 Å². The number of aliphatic carboxylic acids is 1. The number of benzene rings is 1. The average Bonchev–Trinajstić information content (AvgIpc) is 2.28. The molecule has 5 nitrogen and oxygen atoms in total. The zero-order valence-electron chi connectivity index (χ0n) is 10.9. The summed E-state index contributed by atoms with van der Waals surface area (Å²) in [5, 5.41) is 9.19. The van der Waals surface area contributed by atoms with Crippen molar-refractivity contribution in [3.63, 3.8) is 0 Å². The first kappa shape index (κ1) is 16.1. The van der Waals surface area contributed by atoms with Gasteiger partial charge >= 0.3 is 5.97 Å². The monoisotopic (exact) mass is 349 g/mol. The van der Waals surface area contributed by atoms with Crippen molar-refractivity contribution in [1.29, 1.82) is 0 Å². The van der Waals surface area contributed by atoms with Crippen LogP contribution in [0.25, 0.3) is 0 Å². The van der Waals surface area contributed by atoms with Crippen LogP contribution >= 0.6 is 15.9 Å². The van der Waals surface area contributed by atoms with Gasteiger partial charge in [0.15, 0.2) is 0 Å². The second kappa shape index (κ2) is 5.60. The molecule has 1 rings (SSSR count). The van der Waals surface area contributed by atoms with Gasteiger partial charge in [-0.15, -0.1) is 0 Å². The minimum Gasteiger partial charge on any atom is -0.480 e. The van der Waals surface area contributed by atoms with Gasteiger partial charge in [0.05, 0.1) is 4.90 Å². The van der Waals surface area contributed by atoms with Crippen LogP contribution in [-0.2, 0) is 14.8 Å². The molecule has 0 aliphatic heterocycles. The van der Waals surface area contributed by atoms with E-state index in [1.165, 1.54) is 26.0 Å². The van der Waals surface area contributed by atoms with E-state index in [-0.39, 0.29) is 11.4 Å². The van der Waals surface area contributed by atoms with Gasteiger partial charge in [-0.3, -0.25) is 4.79 Å². The Morgan fingerprint density at radius 1 is 1.42 bits per heavy atom. The molecule has 19 heavy (non-hydrogen) atoms. The third kappa shape index (κ3) is 3.16. The number of rotatable bonds is 5. The highest BCUT2D eigenvalue weighted by Crippen LogP contribution is 2.26. The Bertz CT molecular complexity index is 583. The fourth-order valence-corrected chi connectivity index (χ4v) is 4.08. The molecule has 0 aliphatic carbocycles. The van der Waals surface area contributed by atoms with Crippen LogP contribution in [0.1, 0.15) is 20.8 Å². The van der Waals surface area contributed by atoms with E-state index in [1.807, 2.05) is 0 Å². The average molecular weight is 350 g/mol. The molecule has 0 fully saturated rings. The Labute approximate surface area is 121 Å². The van der Waals surface area contributed by atoms with Crippen molar-refractivity contribution in [3.05, 3.63) is 28.7 Å². The number of sulfonamides is 1. The standard InChI is InChI=1S/C12H16BrNO4S/c1-4-14(12(2,3)11(15)16)19(17,18)10-7-5-6-9(13)8-10/h5-8H,4H2,1-3H3,(H,15,16). The maximum Gasteiger partial charge on any atom is 0.324 e. The topological polar surface area (TPSA) is 74.7 Å². The summed E-state index contributed by atoms with van der Waals surface area (Å²) in [6.07, 6.45) is 0. The van der Waals surface area contributed by atoms with Crippen LogP contribution in [0.2, 0.25) is 0 Å². The Kier molecular flexibility index (Phi) is 4.76. The van der Waals surface area contributed by atoms with E-state index in [2.05, 4.69) is 15.9 Å². The van der Waals surface area contributed by atoms with E-state index in [4.69, 9.17) is 0 Å². The molecule has 0 bridgehead atoms. The smallest absolute Gasteiger partial charge is 0.324 e. The lowest BCUT2D eigenvalue weighted by Crippen LogP contribution is -2.52. The first-order valence-electron chi connectivity index (χ1n) is 5.66. The maximum atomic E-state index is 12.5. The molecule has 0 atom stereocenters. The molecule has 0 saturated heterocycles. The number of carboxylic acids is 1.